The molecule has 0 radical (unpaired) electrons. The van der Waals surface area contributed by atoms with Crippen molar-refractivity contribution in [1.29, 1.82) is 0 Å². The number of nitrogens with zero attached hydrogens (tertiary/aromatic N) is 3. The number of aryl methyl sites for hydroxylation is 1. The molecule has 1 saturated heterocycles. The number of carboxylic acid groups (broad SMARTS) is 1. The maximum absolute atomic E-state index is 10.5. The van der Waals surface area contributed by atoms with Crippen LogP contribution in [0.4, 0.5) is 5.13 Å². The lowest BCUT2D eigenvalue weighted by molar-refractivity contribution is -0.136. The summed E-state index contributed by atoms with van der Waals surface area (Å²) in [6.07, 6.45) is 0.638. The van der Waals surface area contributed by atoms with Gasteiger partial charge < -0.3 is 15.3 Å². The first kappa shape index (κ1) is 15.2. The molecule has 1 aliphatic heterocycles. The molecule has 0 bridgehead atoms. The second kappa shape index (κ2) is 7.01. The van der Waals surface area contributed by atoms with Crippen molar-refractivity contribution >= 4 is 22.4 Å². The highest BCUT2D eigenvalue weighted by Crippen LogP contribution is 2.17. The third-order valence-corrected chi connectivity index (χ3v) is 4.46. The first-order chi connectivity index (χ1) is 9.54. The fourth-order valence-electron chi connectivity index (χ4n) is 2.26. The van der Waals surface area contributed by atoms with Gasteiger partial charge in [-0.1, -0.05) is 0 Å². The van der Waals surface area contributed by atoms with Gasteiger partial charge in [0, 0.05) is 44.0 Å². The van der Waals surface area contributed by atoms with E-state index >= 15 is 0 Å². The van der Waals surface area contributed by atoms with Crippen LogP contribution in [-0.2, 0) is 11.2 Å². The van der Waals surface area contributed by atoms with E-state index in [1.165, 1.54) is 0 Å². The Kier molecular flexibility index (Phi) is 5.33. The number of hydrogen-bond acceptors (Lipinski definition) is 6. The first-order valence-corrected chi connectivity index (χ1v) is 7.71. The van der Waals surface area contributed by atoms with E-state index in [0.29, 0.717) is 12.5 Å². The summed E-state index contributed by atoms with van der Waals surface area (Å²) in [6, 6.07) is 0.486. The molecule has 0 amide bonds. The second-order valence-corrected chi connectivity index (χ2v) is 6.17. The van der Waals surface area contributed by atoms with Gasteiger partial charge in [0.25, 0.3) is 0 Å². The van der Waals surface area contributed by atoms with E-state index in [-0.39, 0.29) is 6.42 Å². The summed E-state index contributed by atoms with van der Waals surface area (Å²) in [5, 5.41) is 14.8. The average molecular weight is 298 g/mol. The highest BCUT2D eigenvalue weighted by atomic mass is 32.1. The summed E-state index contributed by atoms with van der Waals surface area (Å²) in [6.45, 7) is 4.13. The highest BCUT2D eigenvalue weighted by molar-refractivity contribution is 7.13. The van der Waals surface area contributed by atoms with Gasteiger partial charge in [0.1, 0.15) is 0 Å². The van der Waals surface area contributed by atoms with Crippen LogP contribution < -0.4 is 5.32 Å². The number of nitrogens with one attached hydrogen (secondary N) is 1. The zero-order valence-electron chi connectivity index (χ0n) is 12.0. The molecule has 2 N–H and O–H groups in total. The minimum atomic E-state index is -0.778. The first-order valence-electron chi connectivity index (χ1n) is 6.83. The number of anilines is 1. The van der Waals surface area contributed by atoms with E-state index in [1.807, 2.05) is 5.38 Å². The molecule has 1 aromatic rings. The third kappa shape index (κ3) is 4.43. The molecule has 20 heavy (non-hydrogen) atoms. The number of rotatable bonds is 6. The maximum atomic E-state index is 10.5. The van der Waals surface area contributed by atoms with Crippen molar-refractivity contribution in [1.82, 2.24) is 14.8 Å². The van der Waals surface area contributed by atoms with Gasteiger partial charge in [-0.05, 0) is 14.1 Å². The highest BCUT2D eigenvalue weighted by Gasteiger charge is 2.21. The molecule has 1 aliphatic rings. The minimum Gasteiger partial charge on any atom is -0.481 e. The molecule has 2 heterocycles. The number of carboxylic acids is 1. The molecule has 0 aliphatic carbocycles. The predicted octanol–water partition coefficient (Wildman–Crippen LogP) is 0.818. The molecule has 2 rings (SSSR count). The number of thiazole rings is 1. The Balaban J connectivity index is 1.80. The molecular formula is C13H22N4O2S. The predicted molar refractivity (Wildman–Crippen MR) is 80.5 cm³/mol. The zero-order valence-corrected chi connectivity index (χ0v) is 12.8. The van der Waals surface area contributed by atoms with E-state index in [2.05, 4.69) is 34.2 Å². The summed E-state index contributed by atoms with van der Waals surface area (Å²) in [4.78, 5) is 19.7. The summed E-state index contributed by atoms with van der Waals surface area (Å²) in [7, 11) is 4.30. The number of aliphatic carboxylic acids is 1. The lowest BCUT2D eigenvalue weighted by atomic mass is 10.2. The van der Waals surface area contributed by atoms with E-state index in [0.717, 1.165) is 37.0 Å². The molecule has 1 aromatic heterocycles. The standard InChI is InChI=1S/C13H22N4O2S/c1-16-5-6-17(2)11(8-16)7-14-13-15-10(9-20-13)3-4-12(18)19/h9,11H,3-8H2,1-2H3,(H,14,15)(H,18,19). The second-order valence-electron chi connectivity index (χ2n) is 5.32. The van der Waals surface area contributed by atoms with Crippen molar-refractivity contribution in [2.45, 2.75) is 18.9 Å². The quantitative estimate of drug-likeness (QED) is 0.810. The summed E-state index contributed by atoms with van der Waals surface area (Å²) in [5.74, 6) is -0.778. The SMILES string of the molecule is CN1CCN(C)C(CNc2nc(CCC(=O)O)cs2)C1. The summed E-state index contributed by atoms with van der Waals surface area (Å²) in [5.41, 5.74) is 0.856. The Bertz CT molecular complexity index is 451. The Morgan fingerprint density at radius 1 is 1.55 bits per heavy atom. The number of likely N-dealkylation sites (N-methyl/N-ethyl adjacent to an activating group) is 2. The zero-order chi connectivity index (χ0) is 14.5. The van der Waals surface area contributed by atoms with Gasteiger partial charge in [-0.3, -0.25) is 9.69 Å². The van der Waals surface area contributed by atoms with Crippen LogP contribution >= 0.6 is 11.3 Å². The summed E-state index contributed by atoms with van der Waals surface area (Å²) >= 11 is 1.54. The smallest absolute Gasteiger partial charge is 0.303 e. The van der Waals surface area contributed by atoms with Gasteiger partial charge in [0.2, 0.25) is 0 Å². The van der Waals surface area contributed by atoms with Gasteiger partial charge in [0.05, 0.1) is 12.1 Å². The fourth-order valence-corrected chi connectivity index (χ4v) is 3.02. The molecule has 0 spiro atoms. The molecule has 0 saturated carbocycles. The molecule has 7 heteroatoms. The Labute approximate surface area is 123 Å². The average Bonchev–Trinajstić information content (AvgIpc) is 2.85. The molecule has 112 valence electrons. The summed E-state index contributed by atoms with van der Waals surface area (Å²) < 4.78 is 0. The van der Waals surface area contributed by atoms with Crippen LogP contribution in [0.25, 0.3) is 0 Å². The van der Waals surface area contributed by atoms with Crippen LogP contribution in [0.3, 0.4) is 0 Å². The Morgan fingerprint density at radius 3 is 3.10 bits per heavy atom. The van der Waals surface area contributed by atoms with Gasteiger partial charge in [-0.15, -0.1) is 11.3 Å². The largest absolute Gasteiger partial charge is 0.481 e. The van der Waals surface area contributed by atoms with Gasteiger partial charge in [-0.25, -0.2) is 4.98 Å². The molecule has 0 aromatic carbocycles. The topological polar surface area (TPSA) is 68.7 Å². The minimum absolute atomic E-state index is 0.138. The van der Waals surface area contributed by atoms with Crippen LogP contribution in [0.5, 0.6) is 0 Å². The van der Waals surface area contributed by atoms with Crippen LogP contribution in [0.2, 0.25) is 0 Å². The monoisotopic (exact) mass is 298 g/mol. The van der Waals surface area contributed by atoms with Crippen LogP contribution in [0.1, 0.15) is 12.1 Å². The lowest BCUT2D eigenvalue weighted by Crippen LogP contribution is -2.52. The molecule has 1 unspecified atom stereocenters. The third-order valence-electron chi connectivity index (χ3n) is 3.62. The molecule has 6 nitrogen and oxygen atoms in total. The van der Waals surface area contributed by atoms with E-state index in [1.54, 1.807) is 11.3 Å². The van der Waals surface area contributed by atoms with Crippen molar-refractivity contribution in [3.05, 3.63) is 11.1 Å². The number of hydrogen-bond donors (Lipinski definition) is 2. The normalized spacial score (nSPS) is 21.0. The van der Waals surface area contributed by atoms with Crippen LogP contribution in [0, 0.1) is 0 Å². The molecule has 1 fully saturated rings. The van der Waals surface area contributed by atoms with Gasteiger partial charge in [-0.2, -0.15) is 0 Å². The van der Waals surface area contributed by atoms with Crippen LogP contribution in [0.15, 0.2) is 5.38 Å². The van der Waals surface area contributed by atoms with E-state index in [4.69, 9.17) is 5.11 Å². The number of piperazine rings is 1. The van der Waals surface area contributed by atoms with Gasteiger partial charge >= 0.3 is 5.97 Å². The molecular weight excluding hydrogens is 276 g/mol. The maximum Gasteiger partial charge on any atom is 0.303 e. The molecule has 1 atom stereocenters. The lowest BCUT2D eigenvalue weighted by Gasteiger charge is -2.37. The van der Waals surface area contributed by atoms with Crippen molar-refractivity contribution in [2.24, 2.45) is 0 Å². The van der Waals surface area contributed by atoms with Gasteiger partial charge in [0.15, 0.2) is 5.13 Å². The van der Waals surface area contributed by atoms with Crippen molar-refractivity contribution in [2.75, 3.05) is 45.6 Å². The number of aromatic nitrogens is 1. The van der Waals surface area contributed by atoms with Crippen LogP contribution in [-0.4, -0.2) is 72.2 Å². The van der Waals surface area contributed by atoms with Crippen molar-refractivity contribution < 1.29 is 9.90 Å². The van der Waals surface area contributed by atoms with Crippen molar-refractivity contribution in [3.8, 4) is 0 Å². The Morgan fingerprint density at radius 2 is 2.35 bits per heavy atom. The number of carbonyl (C=O) groups is 1. The Hall–Kier alpha value is -1.18. The van der Waals surface area contributed by atoms with Crippen molar-refractivity contribution in [3.63, 3.8) is 0 Å². The van der Waals surface area contributed by atoms with E-state index < -0.39 is 5.97 Å². The van der Waals surface area contributed by atoms with E-state index in [9.17, 15) is 4.79 Å². The fraction of sp³-hybridized carbons (Fsp3) is 0.692.